The van der Waals surface area contributed by atoms with Gasteiger partial charge in [-0.3, -0.25) is 33.6 Å². The van der Waals surface area contributed by atoms with Crippen molar-refractivity contribution in [1.29, 1.82) is 0 Å². The van der Waals surface area contributed by atoms with Crippen LogP contribution in [0, 0.1) is 41.4 Å². The number of Topliss-reactive ketones (excluding diaryl/α,β-unsaturated/α-hetero) is 2. The van der Waals surface area contributed by atoms with E-state index in [1.807, 2.05) is 186 Å². The lowest BCUT2D eigenvalue weighted by Gasteiger charge is -2.31. The number of carbonyl (C=O) groups is 8. The van der Waals surface area contributed by atoms with Crippen LogP contribution in [0.3, 0.4) is 0 Å². The van der Waals surface area contributed by atoms with Crippen LogP contribution in [-0.2, 0) is 95.2 Å². The average Bonchev–Trinajstić information content (AvgIpc) is 0.815. The highest BCUT2D eigenvalue weighted by Crippen LogP contribution is 2.40. The maximum absolute atomic E-state index is 13.2. The molecule has 0 aromatic rings. The van der Waals surface area contributed by atoms with Crippen molar-refractivity contribution in [2.45, 2.75) is 388 Å². The highest BCUT2D eigenvalue weighted by molar-refractivity contribution is 5.88. The van der Waals surface area contributed by atoms with Crippen molar-refractivity contribution >= 4 is 47.3 Å². The van der Waals surface area contributed by atoms with E-state index in [-0.39, 0.29) is 153 Å². The Morgan fingerprint density at radius 1 is 0.354 bits per heavy atom. The van der Waals surface area contributed by atoms with Gasteiger partial charge in [-0.25, -0.2) is 4.79 Å². The number of esters is 5. The van der Waals surface area contributed by atoms with Gasteiger partial charge in [-0.2, -0.15) is 13.2 Å². The highest BCUT2D eigenvalue weighted by Gasteiger charge is 2.52. The minimum Gasteiger partial charge on any atom is -0.461 e. The summed E-state index contributed by atoms with van der Waals surface area (Å²) in [5.74, 6) is -1.43. The van der Waals surface area contributed by atoms with Crippen LogP contribution in [0.25, 0.3) is 0 Å². The van der Waals surface area contributed by atoms with Crippen LogP contribution in [0.4, 0.5) is 13.2 Å². The van der Waals surface area contributed by atoms with Crippen LogP contribution in [0.2, 0.25) is 0 Å². The Kier molecular flexibility index (Phi) is 73.9. The Morgan fingerprint density at radius 3 is 1.05 bits per heavy atom. The molecule has 0 fully saturated rings. The topological polar surface area (TPSA) is 381 Å². The Morgan fingerprint density at radius 2 is 0.673 bits per heavy atom. The van der Waals surface area contributed by atoms with Crippen molar-refractivity contribution in [2.24, 2.45) is 41.4 Å². The second kappa shape index (κ2) is 79.5. The van der Waals surface area contributed by atoms with Gasteiger partial charge in [0.15, 0.2) is 11.4 Å². The van der Waals surface area contributed by atoms with E-state index < -0.39 is 60.6 Å². The predicted molar refractivity (Wildman–Crippen MR) is 571 cm³/mol. The molecular formula is C117H186F3NO26. The van der Waals surface area contributed by atoms with Gasteiger partial charge in [-0.15, -0.1) is 0 Å². The average molecular weight is 2080 g/mol. The quantitative estimate of drug-likeness (QED) is 0.0674. The molecule has 5 aliphatic heterocycles. The zero-order valence-corrected chi connectivity index (χ0v) is 92.6. The molecule has 7 rings (SSSR count). The van der Waals surface area contributed by atoms with Gasteiger partial charge in [0.1, 0.15) is 81.0 Å². The molecule has 0 aromatic heterocycles. The third kappa shape index (κ3) is 61.6. The van der Waals surface area contributed by atoms with Crippen molar-refractivity contribution in [3.8, 4) is 0 Å². The summed E-state index contributed by atoms with van der Waals surface area (Å²) >= 11 is 0. The molecule has 0 saturated carbocycles. The van der Waals surface area contributed by atoms with E-state index in [4.69, 9.17) is 56.8 Å². The molecule has 21 atom stereocenters. The lowest BCUT2D eigenvalue weighted by molar-refractivity contribution is -0.265. The summed E-state index contributed by atoms with van der Waals surface area (Å²) in [5.41, 5.74) is 3.97. The smallest absolute Gasteiger partial charge is 0.417 e. The minimum atomic E-state index is -4.63. The van der Waals surface area contributed by atoms with Gasteiger partial charge >= 0.3 is 36.0 Å². The number of ether oxygens (including phenoxy) is 12. The molecule has 7 N–H and O–H groups in total. The zero-order valence-electron chi connectivity index (χ0n) is 92.6. The second-order valence-corrected chi connectivity index (χ2v) is 39.7. The lowest BCUT2D eigenvalue weighted by atomic mass is 9.87. The molecule has 836 valence electrons. The number of hydrogen-bond donors (Lipinski definition) is 7. The highest BCUT2D eigenvalue weighted by atomic mass is 19.4. The van der Waals surface area contributed by atoms with Crippen molar-refractivity contribution in [3.63, 3.8) is 0 Å². The molecule has 0 saturated heterocycles. The van der Waals surface area contributed by atoms with E-state index in [1.165, 1.54) is 25.7 Å². The molecule has 0 spiro atoms. The predicted octanol–water partition coefficient (Wildman–Crippen LogP) is 20.8. The van der Waals surface area contributed by atoms with E-state index in [2.05, 4.69) is 17.5 Å². The minimum absolute atomic E-state index is 0.0163. The Balaban J connectivity index is 0.000000858. The molecular weight excluding hydrogens is 1890 g/mol. The third-order valence-electron chi connectivity index (χ3n) is 25.9. The maximum atomic E-state index is 13.2. The summed E-state index contributed by atoms with van der Waals surface area (Å²) in [6, 6.07) is 0. The van der Waals surface area contributed by atoms with Crippen LogP contribution < -0.4 is 5.32 Å². The monoisotopic (exact) mass is 2080 g/mol. The number of alkyl halides is 3. The van der Waals surface area contributed by atoms with Gasteiger partial charge in [0.25, 0.3) is 0 Å². The van der Waals surface area contributed by atoms with Crippen molar-refractivity contribution in [2.75, 3.05) is 82.7 Å². The molecule has 0 bridgehead atoms. The molecule has 0 radical (unpaired) electrons. The number of aliphatic hydroxyl groups is 6. The first-order valence-electron chi connectivity index (χ1n) is 52.8. The summed E-state index contributed by atoms with van der Waals surface area (Å²) in [4.78, 5) is 93.0. The fourth-order valence-electron chi connectivity index (χ4n) is 16.9. The molecule has 2 aliphatic carbocycles. The number of amides is 1. The van der Waals surface area contributed by atoms with Crippen molar-refractivity contribution in [1.82, 2.24) is 5.32 Å². The van der Waals surface area contributed by atoms with Crippen LogP contribution in [0.15, 0.2) is 179 Å². The number of aliphatic hydroxyl groups excluding tert-OH is 5. The number of hydrogen-bond acceptors (Lipinski definition) is 26. The van der Waals surface area contributed by atoms with E-state index >= 15 is 0 Å². The summed E-state index contributed by atoms with van der Waals surface area (Å²) in [7, 11) is 11.1. The summed E-state index contributed by atoms with van der Waals surface area (Å²) < 4.78 is 103. The van der Waals surface area contributed by atoms with Crippen LogP contribution >= 0.6 is 0 Å². The van der Waals surface area contributed by atoms with Crippen molar-refractivity contribution < 1.29 is 139 Å². The van der Waals surface area contributed by atoms with Crippen LogP contribution in [0.5, 0.6) is 0 Å². The van der Waals surface area contributed by atoms with Gasteiger partial charge in [0.2, 0.25) is 5.91 Å². The first-order valence-corrected chi connectivity index (χ1v) is 52.8. The number of methoxy groups -OCH3 is 7. The Hall–Kier alpha value is -8.47. The normalized spacial score (nSPS) is 34.2. The first-order chi connectivity index (χ1) is 69.7. The molecule has 147 heavy (non-hydrogen) atoms. The number of ketones is 2. The van der Waals surface area contributed by atoms with Gasteiger partial charge in [0.05, 0.1) is 30.5 Å². The van der Waals surface area contributed by atoms with E-state index in [0.717, 1.165) is 149 Å². The summed E-state index contributed by atoms with van der Waals surface area (Å²) in [5, 5.41) is 64.6. The Bertz CT molecular complexity index is 4090. The molecule has 30 heteroatoms. The van der Waals surface area contributed by atoms with Gasteiger partial charge in [0, 0.05) is 149 Å². The number of nitrogens with one attached hydrogen (secondary N) is 1. The maximum Gasteiger partial charge on any atom is 0.417 e. The fourth-order valence-corrected chi connectivity index (χ4v) is 16.9. The second-order valence-electron chi connectivity index (χ2n) is 39.7. The molecule has 5 heterocycles. The Labute approximate surface area is 877 Å². The summed E-state index contributed by atoms with van der Waals surface area (Å²) in [6.07, 6.45) is 53.0. The molecule has 4 unspecified atom stereocenters. The standard InChI is InChI=1S/C18H29F3O3.C18H28O5.C17H28O3.C16H27NO3.C16H26O4.2C16H24O4/c1-13-9-11-17(23,18(19,20)21)10-7-5-4-6-8-15(24-3)16(22)14(2)12-13;1-13-11-14(2)18(23-15(3)19)16(21-4)9-7-5-6-8-10-17(20)22-12-13;1-13-10-11-15(18)8-6-4-5-7-9-16(20-3)17(19)14(2)12-13;1-12-10-13(2)16(19)14(20-3)8-6-4-5-7-9-15(18)17-11-12;3*1-12-10-13(2)16(18)14(19-3)8-6-4-5-7-9-15(17)20-11-12/h6,8,12,14-16,22-23H,4-5,7,9-11H2,1-3H3;7,9,11,14,16,18H,5-6,8,10,12H2,1-4H3;7,9,12,14,16-17,19H,4-6,8,10-11H2,1-3H3;6,8,10,13-14,16,19H,4-5,7,9,11H2,1-3H3,(H,17,18);6,8,10,13-14,16,18H,4-5,7,9,11H2,1-3H3;6,8,10,13-14H,4-5,7,9,11H2,1-3H3;6-10,13-14,16,18H,4-5,11H2,1-3H3/b8-6+,13-12-;9-7+,13-11-;9-7+,13-12-;3*8-6+,12-10-;8-6+,9-7+,12-10-/t14-,15+,16?,17?;14-,16+,18+;14-,16+,17?;13-,14+,16?;13-,14+,16+;13-,14+;13-,14+,16+/m1111111/s1. The number of allylic oxidation sites excluding steroid dienone is 11. The van der Waals surface area contributed by atoms with Crippen LogP contribution in [-0.4, -0.2) is 252 Å². The molecule has 0 aromatic carbocycles. The zero-order chi connectivity index (χ0) is 110. The van der Waals surface area contributed by atoms with E-state index in [1.54, 1.807) is 74.7 Å². The van der Waals surface area contributed by atoms with Crippen molar-refractivity contribution in [3.05, 3.63) is 179 Å². The number of carbonyl (C=O) groups excluding carboxylic acids is 8. The summed E-state index contributed by atoms with van der Waals surface area (Å²) in [6.45, 7) is 29.7. The third-order valence-corrected chi connectivity index (χ3v) is 25.9. The fraction of sp³-hybridized carbons (Fsp3) is 0.675. The number of cyclic esters (lactones) is 4. The van der Waals surface area contributed by atoms with E-state index in [9.17, 15) is 82.2 Å². The van der Waals surface area contributed by atoms with Gasteiger partial charge in [-0.1, -0.05) is 199 Å². The SMILES string of the molecule is CO[C@H]1/C=C/CC/C=C/C(=O)OC/C(C)=C\[C@@H](C)[C@@H]1O.CO[C@H]1/C=C/CCCCC(=O)CC/C(C)=C\[C@@H](C)C1O.CO[C@H]1/C=C/CCCCC(=O)NC/C(C)=C\[C@@H](C)C1O.CO[C@H]1/C=C/CCCCC(=O)OC/C(C)=C\[C@@H](C)C1=O.CO[C@H]1/C=C/CCCCC(=O)OC/C(C)=C\[C@@H](C)[C@@H]1O.CO[C@H]1/C=C/CCCCC(=O)OC/C(C)=C\[C@@H](C)[C@@H]1OC(C)=O.CO[C@H]1/C=C/CCCCC(O)(C(F)(F)F)CC/C(C)=C\[C@@H](C)C1O. The molecule has 1 amide bonds. The lowest BCUT2D eigenvalue weighted by Crippen LogP contribution is -2.45. The number of halogens is 3. The first kappa shape index (κ1) is 137. The van der Waals surface area contributed by atoms with Gasteiger partial charge in [-0.05, 0) is 225 Å². The van der Waals surface area contributed by atoms with Crippen LogP contribution in [0.1, 0.15) is 296 Å². The molecule has 7 aliphatic rings. The van der Waals surface area contributed by atoms with E-state index in [0.29, 0.717) is 76.7 Å². The largest absolute Gasteiger partial charge is 0.461 e. The molecule has 27 nitrogen and oxygen atoms in total. The van der Waals surface area contributed by atoms with Gasteiger partial charge < -0.3 is 92.8 Å². The number of rotatable bonds is 8.